The Kier molecular flexibility index (Phi) is 9.58. The number of pyridine rings is 1. The fourth-order valence-electron chi connectivity index (χ4n) is 2.23. The number of aromatic nitrogens is 1. The van der Waals surface area contributed by atoms with Crippen LogP contribution in [-0.2, 0) is 16.1 Å². The van der Waals surface area contributed by atoms with Crippen molar-refractivity contribution in [2.75, 3.05) is 31.2 Å². The van der Waals surface area contributed by atoms with Gasteiger partial charge in [0.2, 0.25) is 5.91 Å². The van der Waals surface area contributed by atoms with E-state index in [9.17, 15) is 4.79 Å². The molecule has 0 spiro atoms. The van der Waals surface area contributed by atoms with Gasteiger partial charge >= 0.3 is 0 Å². The number of nitrogens with two attached hydrogens (primary N) is 1. The second-order valence-electron chi connectivity index (χ2n) is 6.68. The van der Waals surface area contributed by atoms with E-state index < -0.39 is 6.04 Å². The van der Waals surface area contributed by atoms with E-state index in [4.69, 9.17) is 10.5 Å². The van der Waals surface area contributed by atoms with Crippen LogP contribution in [-0.4, -0.2) is 43.2 Å². The molecule has 1 aromatic heterocycles. The van der Waals surface area contributed by atoms with Crippen molar-refractivity contribution in [3.05, 3.63) is 23.9 Å². The highest BCUT2D eigenvalue weighted by Gasteiger charge is 2.27. The Morgan fingerprint density at radius 1 is 1.38 bits per heavy atom. The summed E-state index contributed by atoms with van der Waals surface area (Å²) in [5, 5.41) is 2.90. The average Bonchev–Trinajstić information content (AvgIpc) is 2.52. The van der Waals surface area contributed by atoms with Gasteiger partial charge in [0.15, 0.2) is 0 Å². The summed E-state index contributed by atoms with van der Waals surface area (Å²) in [6.07, 6.45) is 1.77. The molecule has 0 unspecified atom stereocenters. The van der Waals surface area contributed by atoms with E-state index in [1.807, 2.05) is 32.9 Å². The SMILES string of the molecule is CC(C)(C)[C@H](N)C(=O)NCc1ccnc(N2CCOCC2)c1.Cl.Cl. The summed E-state index contributed by atoms with van der Waals surface area (Å²) in [4.78, 5) is 18.7. The monoisotopic (exact) mass is 378 g/mol. The van der Waals surface area contributed by atoms with Crippen LogP contribution < -0.4 is 16.0 Å². The second kappa shape index (κ2) is 10.0. The summed E-state index contributed by atoms with van der Waals surface area (Å²) in [6.45, 7) is 9.48. The van der Waals surface area contributed by atoms with Gasteiger partial charge < -0.3 is 20.7 Å². The summed E-state index contributed by atoms with van der Waals surface area (Å²) in [7, 11) is 0. The molecule has 2 rings (SSSR count). The number of halogens is 2. The van der Waals surface area contributed by atoms with Gasteiger partial charge in [0, 0.05) is 25.8 Å². The molecule has 1 amide bonds. The lowest BCUT2D eigenvalue weighted by Gasteiger charge is -2.28. The van der Waals surface area contributed by atoms with Crippen molar-refractivity contribution in [2.24, 2.45) is 11.1 Å². The summed E-state index contributed by atoms with van der Waals surface area (Å²) >= 11 is 0. The predicted octanol–water partition coefficient (Wildman–Crippen LogP) is 1.75. The molecule has 6 nitrogen and oxygen atoms in total. The van der Waals surface area contributed by atoms with Crippen LogP contribution in [0.1, 0.15) is 26.3 Å². The number of ether oxygens (including phenoxy) is 1. The van der Waals surface area contributed by atoms with E-state index in [0.717, 1.165) is 37.7 Å². The highest BCUT2D eigenvalue weighted by Crippen LogP contribution is 2.18. The third-order valence-corrected chi connectivity index (χ3v) is 3.83. The molecule has 0 aromatic carbocycles. The normalized spacial score (nSPS) is 15.8. The Morgan fingerprint density at radius 2 is 2.00 bits per heavy atom. The van der Waals surface area contributed by atoms with Gasteiger partial charge in [-0.25, -0.2) is 4.98 Å². The third-order valence-electron chi connectivity index (χ3n) is 3.83. The van der Waals surface area contributed by atoms with Gasteiger partial charge in [-0.2, -0.15) is 0 Å². The number of hydrogen-bond acceptors (Lipinski definition) is 5. The first-order valence-corrected chi connectivity index (χ1v) is 7.69. The van der Waals surface area contributed by atoms with Crippen LogP contribution in [0.25, 0.3) is 0 Å². The lowest BCUT2D eigenvalue weighted by atomic mass is 9.87. The van der Waals surface area contributed by atoms with E-state index in [-0.39, 0.29) is 36.1 Å². The Labute approximate surface area is 156 Å². The smallest absolute Gasteiger partial charge is 0.237 e. The van der Waals surface area contributed by atoms with Crippen LogP contribution in [0.4, 0.5) is 5.82 Å². The van der Waals surface area contributed by atoms with Gasteiger partial charge in [-0.05, 0) is 23.1 Å². The van der Waals surface area contributed by atoms with Crippen molar-refractivity contribution >= 4 is 36.5 Å². The van der Waals surface area contributed by atoms with Gasteiger partial charge in [-0.3, -0.25) is 4.79 Å². The Balaban J connectivity index is 0.00000264. The molecule has 0 bridgehead atoms. The highest BCUT2D eigenvalue weighted by atomic mass is 35.5. The quantitative estimate of drug-likeness (QED) is 0.833. The topological polar surface area (TPSA) is 80.5 Å². The number of morpholine rings is 1. The largest absolute Gasteiger partial charge is 0.378 e. The van der Waals surface area contributed by atoms with E-state index in [0.29, 0.717) is 6.54 Å². The van der Waals surface area contributed by atoms with Crippen LogP contribution in [0, 0.1) is 5.41 Å². The number of rotatable bonds is 4. The maximum atomic E-state index is 12.1. The molecule has 24 heavy (non-hydrogen) atoms. The number of nitrogens with one attached hydrogen (secondary N) is 1. The van der Waals surface area contributed by atoms with Crippen molar-refractivity contribution < 1.29 is 9.53 Å². The molecule has 1 aromatic rings. The summed E-state index contributed by atoms with van der Waals surface area (Å²) in [6, 6.07) is 3.40. The fourth-order valence-corrected chi connectivity index (χ4v) is 2.23. The van der Waals surface area contributed by atoms with Gasteiger partial charge in [0.1, 0.15) is 5.82 Å². The first-order chi connectivity index (χ1) is 10.4. The van der Waals surface area contributed by atoms with Gasteiger partial charge in [-0.15, -0.1) is 24.8 Å². The van der Waals surface area contributed by atoms with E-state index in [1.165, 1.54) is 0 Å². The molecular formula is C16H28Cl2N4O2. The number of amides is 1. The molecular weight excluding hydrogens is 351 g/mol. The predicted molar refractivity (Wildman–Crippen MR) is 101 cm³/mol. The Bertz CT molecular complexity index is 517. The van der Waals surface area contributed by atoms with Crippen molar-refractivity contribution in [1.82, 2.24) is 10.3 Å². The number of carbonyl (C=O) groups excluding carboxylic acids is 1. The van der Waals surface area contributed by atoms with Gasteiger partial charge in [0.05, 0.1) is 19.3 Å². The minimum Gasteiger partial charge on any atom is -0.378 e. The molecule has 0 radical (unpaired) electrons. The van der Waals surface area contributed by atoms with Crippen LogP contribution >= 0.6 is 24.8 Å². The van der Waals surface area contributed by atoms with Crippen molar-refractivity contribution in [2.45, 2.75) is 33.4 Å². The molecule has 0 saturated carbocycles. The molecule has 1 aliphatic rings. The third kappa shape index (κ3) is 6.43. The maximum absolute atomic E-state index is 12.1. The molecule has 3 N–H and O–H groups in total. The van der Waals surface area contributed by atoms with Gasteiger partial charge in [-0.1, -0.05) is 20.8 Å². The molecule has 1 saturated heterocycles. The maximum Gasteiger partial charge on any atom is 0.237 e. The standard InChI is InChI=1S/C16H26N4O2.2ClH/c1-16(2,3)14(17)15(21)19-11-12-4-5-18-13(10-12)20-6-8-22-9-7-20;;/h4-5,10,14H,6-9,11,17H2,1-3H3,(H,19,21);2*1H/t14-;;/m1../s1. The molecule has 1 aliphatic heterocycles. The summed E-state index contributed by atoms with van der Waals surface area (Å²) in [5.41, 5.74) is 6.73. The van der Waals surface area contributed by atoms with E-state index in [2.05, 4.69) is 15.2 Å². The number of anilines is 1. The number of hydrogen-bond donors (Lipinski definition) is 2. The molecule has 138 valence electrons. The first-order valence-electron chi connectivity index (χ1n) is 7.69. The Morgan fingerprint density at radius 3 is 2.58 bits per heavy atom. The lowest BCUT2D eigenvalue weighted by Crippen LogP contribution is -2.48. The minimum absolute atomic E-state index is 0. The number of carbonyl (C=O) groups is 1. The molecule has 1 fully saturated rings. The Hall–Kier alpha value is -1.08. The first kappa shape index (κ1) is 22.9. The zero-order chi connectivity index (χ0) is 16.2. The van der Waals surface area contributed by atoms with Gasteiger partial charge in [0.25, 0.3) is 0 Å². The highest BCUT2D eigenvalue weighted by molar-refractivity contribution is 5.85. The second-order valence-corrected chi connectivity index (χ2v) is 6.68. The summed E-state index contributed by atoms with van der Waals surface area (Å²) in [5.74, 6) is 0.799. The molecule has 1 atom stereocenters. The van der Waals surface area contributed by atoms with Crippen molar-refractivity contribution in [3.63, 3.8) is 0 Å². The minimum atomic E-state index is -0.520. The fraction of sp³-hybridized carbons (Fsp3) is 0.625. The lowest BCUT2D eigenvalue weighted by molar-refractivity contribution is -0.124. The van der Waals surface area contributed by atoms with Crippen LogP contribution in [0.2, 0.25) is 0 Å². The van der Waals surface area contributed by atoms with E-state index >= 15 is 0 Å². The van der Waals surface area contributed by atoms with Crippen LogP contribution in [0.15, 0.2) is 18.3 Å². The average molecular weight is 379 g/mol. The zero-order valence-corrected chi connectivity index (χ0v) is 16.1. The van der Waals surface area contributed by atoms with Crippen molar-refractivity contribution in [1.29, 1.82) is 0 Å². The summed E-state index contributed by atoms with van der Waals surface area (Å²) < 4.78 is 5.35. The van der Waals surface area contributed by atoms with E-state index in [1.54, 1.807) is 6.20 Å². The molecule has 8 heteroatoms. The molecule has 2 heterocycles. The zero-order valence-electron chi connectivity index (χ0n) is 14.4. The van der Waals surface area contributed by atoms with Crippen molar-refractivity contribution in [3.8, 4) is 0 Å². The number of nitrogens with zero attached hydrogens (tertiary/aromatic N) is 2. The van der Waals surface area contributed by atoms with Crippen LogP contribution in [0.3, 0.4) is 0 Å². The molecule has 0 aliphatic carbocycles. The van der Waals surface area contributed by atoms with Crippen LogP contribution in [0.5, 0.6) is 0 Å².